The van der Waals surface area contributed by atoms with Crippen molar-refractivity contribution in [3.05, 3.63) is 71.3 Å². The van der Waals surface area contributed by atoms with Crippen LogP contribution in [0, 0.1) is 11.6 Å². The van der Waals surface area contributed by atoms with Crippen molar-refractivity contribution < 1.29 is 13.6 Å². The molecule has 0 aliphatic heterocycles. The Bertz CT molecular complexity index is 608. The second-order valence-electron chi connectivity index (χ2n) is 5.04. The van der Waals surface area contributed by atoms with Gasteiger partial charge in [-0.3, -0.25) is 4.79 Å². The molecule has 21 heavy (non-hydrogen) atoms. The summed E-state index contributed by atoms with van der Waals surface area (Å²) in [5, 5.41) is 0. The molecule has 2 nitrogen and oxygen atoms in total. The molecule has 110 valence electrons. The van der Waals surface area contributed by atoms with Crippen LogP contribution >= 0.6 is 0 Å². The van der Waals surface area contributed by atoms with E-state index in [1.165, 1.54) is 24.3 Å². The fourth-order valence-corrected chi connectivity index (χ4v) is 2.08. The van der Waals surface area contributed by atoms with Gasteiger partial charge in [0.05, 0.1) is 12.5 Å². The van der Waals surface area contributed by atoms with E-state index in [1.54, 1.807) is 36.2 Å². The molecule has 2 aromatic rings. The highest BCUT2D eigenvalue weighted by Gasteiger charge is 2.17. The lowest BCUT2D eigenvalue weighted by molar-refractivity contribution is -0.131. The first-order valence-corrected chi connectivity index (χ1v) is 6.73. The minimum Gasteiger partial charge on any atom is -0.339 e. The Morgan fingerprint density at radius 3 is 2.00 bits per heavy atom. The molecule has 0 saturated heterocycles. The summed E-state index contributed by atoms with van der Waals surface area (Å²) < 4.78 is 25.8. The fraction of sp³-hybridized carbons (Fsp3) is 0.235. The Kier molecular flexibility index (Phi) is 4.68. The van der Waals surface area contributed by atoms with Crippen LogP contribution in [-0.4, -0.2) is 17.9 Å². The molecule has 0 fully saturated rings. The predicted octanol–water partition coefficient (Wildman–Crippen LogP) is 3.73. The molecule has 1 unspecified atom stereocenters. The fourth-order valence-electron chi connectivity index (χ4n) is 2.08. The average molecular weight is 289 g/mol. The monoisotopic (exact) mass is 289 g/mol. The molecule has 0 heterocycles. The first kappa shape index (κ1) is 15.2. The Balaban J connectivity index is 2.04. The average Bonchev–Trinajstić information content (AvgIpc) is 2.49. The summed E-state index contributed by atoms with van der Waals surface area (Å²) in [7, 11) is 1.71. The Hall–Kier alpha value is -2.23. The van der Waals surface area contributed by atoms with Gasteiger partial charge in [-0.15, -0.1) is 0 Å². The third kappa shape index (κ3) is 3.88. The topological polar surface area (TPSA) is 20.3 Å². The van der Waals surface area contributed by atoms with Gasteiger partial charge >= 0.3 is 0 Å². The van der Waals surface area contributed by atoms with E-state index < -0.39 is 0 Å². The minimum absolute atomic E-state index is 0.0709. The van der Waals surface area contributed by atoms with Gasteiger partial charge in [0.15, 0.2) is 0 Å². The quantitative estimate of drug-likeness (QED) is 0.840. The first-order valence-electron chi connectivity index (χ1n) is 6.73. The van der Waals surface area contributed by atoms with E-state index in [0.29, 0.717) is 0 Å². The van der Waals surface area contributed by atoms with Crippen molar-refractivity contribution in [2.75, 3.05) is 7.05 Å². The van der Waals surface area contributed by atoms with Gasteiger partial charge in [-0.1, -0.05) is 24.3 Å². The molecular weight excluding hydrogens is 272 g/mol. The van der Waals surface area contributed by atoms with Gasteiger partial charge in [0.2, 0.25) is 5.91 Å². The summed E-state index contributed by atoms with van der Waals surface area (Å²) in [6.07, 6.45) is 0.211. The van der Waals surface area contributed by atoms with Crippen molar-refractivity contribution in [3.63, 3.8) is 0 Å². The third-order valence-corrected chi connectivity index (χ3v) is 3.60. The zero-order valence-electron chi connectivity index (χ0n) is 12.0. The van der Waals surface area contributed by atoms with Crippen molar-refractivity contribution >= 4 is 5.91 Å². The van der Waals surface area contributed by atoms with Crippen molar-refractivity contribution in [3.8, 4) is 0 Å². The summed E-state index contributed by atoms with van der Waals surface area (Å²) in [6, 6.07) is 11.8. The lowest BCUT2D eigenvalue weighted by atomic mass is 10.1. The van der Waals surface area contributed by atoms with Crippen molar-refractivity contribution in [1.29, 1.82) is 0 Å². The number of halogens is 2. The van der Waals surface area contributed by atoms with Crippen LogP contribution in [-0.2, 0) is 11.2 Å². The number of amides is 1. The van der Waals surface area contributed by atoms with Gasteiger partial charge < -0.3 is 4.90 Å². The summed E-state index contributed by atoms with van der Waals surface area (Å²) in [4.78, 5) is 13.8. The smallest absolute Gasteiger partial charge is 0.227 e. The highest BCUT2D eigenvalue weighted by molar-refractivity contribution is 5.79. The lowest BCUT2D eigenvalue weighted by Gasteiger charge is -2.25. The molecule has 0 aliphatic rings. The largest absolute Gasteiger partial charge is 0.339 e. The number of carbonyl (C=O) groups excluding carboxylic acids is 1. The van der Waals surface area contributed by atoms with Gasteiger partial charge in [0.1, 0.15) is 11.6 Å². The lowest BCUT2D eigenvalue weighted by Crippen LogP contribution is -2.30. The van der Waals surface area contributed by atoms with Gasteiger partial charge in [0, 0.05) is 7.05 Å². The molecule has 1 atom stereocenters. The molecule has 0 N–H and O–H groups in total. The number of likely N-dealkylation sites (N-methyl/N-ethyl adjacent to an activating group) is 1. The van der Waals surface area contributed by atoms with E-state index >= 15 is 0 Å². The van der Waals surface area contributed by atoms with Gasteiger partial charge in [-0.05, 0) is 42.3 Å². The molecule has 0 spiro atoms. The highest BCUT2D eigenvalue weighted by atomic mass is 19.1. The SMILES string of the molecule is CC(c1ccc(F)cc1)N(C)C(=O)Cc1ccc(F)cc1. The van der Waals surface area contributed by atoms with Crippen LogP contribution in [0.1, 0.15) is 24.1 Å². The van der Waals surface area contributed by atoms with Gasteiger partial charge in [-0.25, -0.2) is 8.78 Å². The number of rotatable bonds is 4. The van der Waals surface area contributed by atoms with Crippen LogP contribution in [0.2, 0.25) is 0 Å². The zero-order valence-corrected chi connectivity index (χ0v) is 12.0. The number of nitrogens with zero attached hydrogens (tertiary/aromatic N) is 1. The second kappa shape index (κ2) is 6.48. The standard InChI is InChI=1S/C17H17F2NO/c1-12(14-5-9-16(19)10-6-14)20(2)17(21)11-13-3-7-15(18)8-4-13/h3-10,12H,11H2,1-2H3. The number of hydrogen-bond donors (Lipinski definition) is 0. The summed E-state index contributed by atoms with van der Waals surface area (Å²) >= 11 is 0. The third-order valence-electron chi connectivity index (χ3n) is 3.60. The van der Waals surface area contributed by atoms with Crippen LogP contribution < -0.4 is 0 Å². The molecule has 2 aromatic carbocycles. The maximum absolute atomic E-state index is 12.9. The van der Waals surface area contributed by atoms with Crippen molar-refractivity contribution in [1.82, 2.24) is 4.90 Å². The first-order chi connectivity index (χ1) is 9.97. The molecular formula is C17H17F2NO. The number of benzene rings is 2. The molecule has 0 bridgehead atoms. The van der Waals surface area contributed by atoms with Crippen LogP contribution in [0.3, 0.4) is 0 Å². The van der Waals surface area contributed by atoms with Crippen molar-refractivity contribution in [2.45, 2.75) is 19.4 Å². The Morgan fingerprint density at radius 2 is 1.48 bits per heavy atom. The van der Waals surface area contributed by atoms with Crippen LogP contribution in [0.15, 0.2) is 48.5 Å². The molecule has 1 amide bonds. The molecule has 2 rings (SSSR count). The predicted molar refractivity (Wildman–Crippen MR) is 77.7 cm³/mol. The number of carbonyl (C=O) groups is 1. The van der Waals surface area contributed by atoms with E-state index in [-0.39, 0.29) is 30.0 Å². The minimum atomic E-state index is -0.320. The Morgan fingerprint density at radius 1 is 1.00 bits per heavy atom. The molecule has 4 heteroatoms. The van der Waals surface area contributed by atoms with E-state index in [0.717, 1.165) is 11.1 Å². The molecule has 0 aliphatic carbocycles. The van der Waals surface area contributed by atoms with Gasteiger partial charge in [-0.2, -0.15) is 0 Å². The van der Waals surface area contributed by atoms with E-state index in [2.05, 4.69) is 0 Å². The summed E-state index contributed by atoms with van der Waals surface area (Å²) in [6.45, 7) is 1.88. The molecule has 0 radical (unpaired) electrons. The number of hydrogen-bond acceptors (Lipinski definition) is 1. The second-order valence-corrected chi connectivity index (χ2v) is 5.04. The summed E-state index contributed by atoms with van der Waals surface area (Å²) in [5.41, 5.74) is 1.63. The van der Waals surface area contributed by atoms with E-state index in [9.17, 15) is 13.6 Å². The highest BCUT2D eigenvalue weighted by Crippen LogP contribution is 2.20. The summed E-state index contributed by atoms with van der Waals surface area (Å²) in [5.74, 6) is -0.691. The van der Waals surface area contributed by atoms with Crippen LogP contribution in [0.5, 0.6) is 0 Å². The van der Waals surface area contributed by atoms with Crippen LogP contribution in [0.25, 0.3) is 0 Å². The zero-order chi connectivity index (χ0) is 15.4. The Labute approximate surface area is 123 Å². The van der Waals surface area contributed by atoms with Crippen molar-refractivity contribution in [2.24, 2.45) is 0 Å². The van der Waals surface area contributed by atoms with Gasteiger partial charge in [0.25, 0.3) is 0 Å². The van der Waals surface area contributed by atoms with E-state index in [4.69, 9.17) is 0 Å². The normalized spacial score (nSPS) is 12.0. The molecule has 0 aromatic heterocycles. The molecule has 0 saturated carbocycles. The maximum Gasteiger partial charge on any atom is 0.227 e. The van der Waals surface area contributed by atoms with E-state index in [1.807, 2.05) is 6.92 Å². The van der Waals surface area contributed by atoms with Crippen LogP contribution in [0.4, 0.5) is 8.78 Å². The maximum atomic E-state index is 12.9.